The fourth-order valence-electron chi connectivity index (χ4n) is 2.12. The van der Waals surface area contributed by atoms with Crippen LogP contribution >= 0.6 is 11.3 Å². The summed E-state index contributed by atoms with van der Waals surface area (Å²) in [5, 5.41) is 15.2. The Hall–Kier alpha value is -2.80. The van der Waals surface area contributed by atoms with E-state index < -0.39 is 0 Å². The second-order valence-electron chi connectivity index (χ2n) is 5.46. The number of nitrogens with zero attached hydrogens (tertiary/aromatic N) is 3. The van der Waals surface area contributed by atoms with E-state index in [0.717, 1.165) is 11.4 Å². The Kier molecular flexibility index (Phi) is 4.81. The highest BCUT2D eigenvalue weighted by Crippen LogP contribution is 2.24. The predicted molar refractivity (Wildman–Crippen MR) is 96.3 cm³/mol. The lowest BCUT2D eigenvalue weighted by atomic mass is 10.2. The number of amides is 1. The molecule has 122 valence electrons. The number of hydrogen-bond acceptors (Lipinski definition) is 6. The number of benzene rings is 1. The summed E-state index contributed by atoms with van der Waals surface area (Å²) in [7, 11) is 0. The van der Waals surface area contributed by atoms with Crippen LogP contribution in [0.15, 0.2) is 48.7 Å². The standard InChI is InChI=1S/C17H17N5OS/c1-11(2)19-13-7-5-6-12(10-13)15(23)20-17-22-21-16(24-17)14-8-3-4-9-18-14/h3-11,19H,1-2H3,(H,20,22,23). The number of carbonyl (C=O) groups is 1. The first kappa shape index (κ1) is 16.1. The molecule has 0 saturated heterocycles. The van der Waals surface area contributed by atoms with Crippen molar-refractivity contribution in [2.24, 2.45) is 0 Å². The van der Waals surface area contributed by atoms with E-state index in [1.54, 1.807) is 12.3 Å². The molecule has 0 bridgehead atoms. The molecular weight excluding hydrogens is 322 g/mol. The average molecular weight is 339 g/mol. The molecule has 3 aromatic rings. The summed E-state index contributed by atoms with van der Waals surface area (Å²) in [4.78, 5) is 16.6. The van der Waals surface area contributed by atoms with E-state index in [4.69, 9.17) is 0 Å². The minimum absolute atomic E-state index is 0.217. The van der Waals surface area contributed by atoms with Gasteiger partial charge in [0.15, 0.2) is 5.01 Å². The van der Waals surface area contributed by atoms with Gasteiger partial charge in [0.25, 0.3) is 5.91 Å². The quantitative estimate of drug-likeness (QED) is 0.741. The summed E-state index contributed by atoms with van der Waals surface area (Å²) in [5.74, 6) is -0.217. The molecule has 1 aromatic carbocycles. The number of nitrogens with one attached hydrogen (secondary N) is 2. The van der Waals surface area contributed by atoms with Crippen LogP contribution in [0.25, 0.3) is 10.7 Å². The second kappa shape index (κ2) is 7.18. The smallest absolute Gasteiger partial charge is 0.257 e. The van der Waals surface area contributed by atoms with E-state index in [9.17, 15) is 4.79 Å². The van der Waals surface area contributed by atoms with Crippen molar-refractivity contribution in [1.82, 2.24) is 15.2 Å². The van der Waals surface area contributed by atoms with E-state index in [-0.39, 0.29) is 5.91 Å². The topological polar surface area (TPSA) is 79.8 Å². The first-order valence-corrected chi connectivity index (χ1v) is 8.36. The number of carbonyl (C=O) groups excluding carboxylic acids is 1. The van der Waals surface area contributed by atoms with Crippen molar-refractivity contribution in [1.29, 1.82) is 0 Å². The average Bonchev–Trinajstić information content (AvgIpc) is 3.04. The molecule has 0 saturated carbocycles. The zero-order valence-electron chi connectivity index (χ0n) is 13.4. The molecule has 0 aliphatic rings. The normalized spacial score (nSPS) is 10.6. The lowest BCUT2D eigenvalue weighted by Gasteiger charge is -2.10. The number of hydrogen-bond donors (Lipinski definition) is 2. The number of anilines is 2. The van der Waals surface area contributed by atoms with Gasteiger partial charge in [0.2, 0.25) is 5.13 Å². The second-order valence-corrected chi connectivity index (χ2v) is 6.44. The molecule has 6 nitrogen and oxygen atoms in total. The van der Waals surface area contributed by atoms with Crippen molar-refractivity contribution in [2.45, 2.75) is 19.9 Å². The third-order valence-corrected chi connectivity index (χ3v) is 3.97. The maximum Gasteiger partial charge on any atom is 0.257 e. The van der Waals surface area contributed by atoms with Gasteiger partial charge in [-0.2, -0.15) is 0 Å². The van der Waals surface area contributed by atoms with Crippen molar-refractivity contribution >= 4 is 28.1 Å². The maximum atomic E-state index is 12.4. The molecule has 24 heavy (non-hydrogen) atoms. The van der Waals surface area contributed by atoms with Crippen LogP contribution in [0.4, 0.5) is 10.8 Å². The monoisotopic (exact) mass is 339 g/mol. The van der Waals surface area contributed by atoms with Gasteiger partial charge in [-0.15, -0.1) is 10.2 Å². The third-order valence-electron chi connectivity index (χ3n) is 3.11. The molecule has 0 fully saturated rings. The summed E-state index contributed by atoms with van der Waals surface area (Å²) in [5.41, 5.74) is 2.21. The molecule has 0 spiro atoms. The highest BCUT2D eigenvalue weighted by atomic mass is 32.1. The fraction of sp³-hybridized carbons (Fsp3) is 0.176. The Morgan fingerprint density at radius 2 is 2.00 bits per heavy atom. The summed E-state index contributed by atoms with van der Waals surface area (Å²) in [6, 6.07) is 13.2. The molecule has 2 heterocycles. The van der Waals surface area contributed by atoms with Crippen molar-refractivity contribution in [2.75, 3.05) is 10.6 Å². The van der Waals surface area contributed by atoms with Crippen LogP contribution in [0.5, 0.6) is 0 Å². The number of rotatable bonds is 5. The van der Waals surface area contributed by atoms with E-state index in [1.807, 2.05) is 50.2 Å². The van der Waals surface area contributed by atoms with Gasteiger partial charge in [-0.05, 0) is 44.2 Å². The van der Waals surface area contributed by atoms with E-state index in [0.29, 0.717) is 21.7 Å². The Morgan fingerprint density at radius 1 is 1.12 bits per heavy atom. The highest BCUT2D eigenvalue weighted by molar-refractivity contribution is 7.18. The van der Waals surface area contributed by atoms with Crippen LogP contribution in [-0.4, -0.2) is 27.1 Å². The van der Waals surface area contributed by atoms with Crippen LogP contribution in [0.3, 0.4) is 0 Å². The van der Waals surface area contributed by atoms with Crippen molar-refractivity contribution in [3.8, 4) is 10.7 Å². The highest BCUT2D eigenvalue weighted by Gasteiger charge is 2.12. The molecule has 3 rings (SSSR count). The van der Waals surface area contributed by atoms with Gasteiger partial charge in [-0.3, -0.25) is 15.1 Å². The summed E-state index contributed by atoms with van der Waals surface area (Å²) < 4.78 is 0. The summed E-state index contributed by atoms with van der Waals surface area (Å²) in [6.45, 7) is 4.10. The molecule has 1 amide bonds. The van der Waals surface area contributed by atoms with Crippen LogP contribution in [0, 0.1) is 0 Å². The zero-order chi connectivity index (χ0) is 16.9. The molecule has 7 heteroatoms. The maximum absolute atomic E-state index is 12.4. The van der Waals surface area contributed by atoms with Gasteiger partial charge in [-0.25, -0.2) is 0 Å². The van der Waals surface area contributed by atoms with Gasteiger partial charge in [-0.1, -0.05) is 23.5 Å². The predicted octanol–water partition coefficient (Wildman–Crippen LogP) is 3.67. The minimum atomic E-state index is -0.217. The van der Waals surface area contributed by atoms with Crippen LogP contribution in [0.2, 0.25) is 0 Å². The van der Waals surface area contributed by atoms with Gasteiger partial charge in [0.1, 0.15) is 5.69 Å². The number of aromatic nitrogens is 3. The third kappa shape index (κ3) is 3.94. The van der Waals surface area contributed by atoms with Gasteiger partial charge < -0.3 is 5.32 Å². The van der Waals surface area contributed by atoms with Crippen LogP contribution in [-0.2, 0) is 0 Å². The van der Waals surface area contributed by atoms with Gasteiger partial charge >= 0.3 is 0 Å². The van der Waals surface area contributed by atoms with Gasteiger partial charge in [0, 0.05) is 23.5 Å². The fourth-order valence-corrected chi connectivity index (χ4v) is 2.83. The first-order chi connectivity index (χ1) is 11.6. The lowest BCUT2D eigenvalue weighted by molar-refractivity contribution is 0.102. The molecular formula is C17H17N5OS. The first-order valence-electron chi connectivity index (χ1n) is 7.54. The van der Waals surface area contributed by atoms with Crippen molar-refractivity contribution < 1.29 is 4.79 Å². The largest absolute Gasteiger partial charge is 0.383 e. The molecule has 0 atom stereocenters. The Labute approximate surface area is 144 Å². The Morgan fingerprint density at radius 3 is 2.75 bits per heavy atom. The van der Waals surface area contributed by atoms with E-state index in [2.05, 4.69) is 25.8 Å². The Bertz CT molecular complexity index is 832. The van der Waals surface area contributed by atoms with Crippen LogP contribution in [0.1, 0.15) is 24.2 Å². The van der Waals surface area contributed by atoms with Crippen molar-refractivity contribution in [3.05, 3.63) is 54.2 Å². The van der Waals surface area contributed by atoms with Crippen molar-refractivity contribution in [3.63, 3.8) is 0 Å². The molecule has 0 aliphatic heterocycles. The summed E-state index contributed by atoms with van der Waals surface area (Å²) >= 11 is 1.29. The molecule has 0 radical (unpaired) electrons. The molecule has 2 aromatic heterocycles. The molecule has 2 N–H and O–H groups in total. The van der Waals surface area contributed by atoms with E-state index in [1.165, 1.54) is 11.3 Å². The number of pyridine rings is 1. The molecule has 0 aliphatic carbocycles. The van der Waals surface area contributed by atoms with E-state index >= 15 is 0 Å². The molecule has 0 unspecified atom stereocenters. The SMILES string of the molecule is CC(C)Nc1cccc(C(=O)Nc2nnc(-c3ccccn3)s2)c1. The van der Waals surface area contributed by atoms with Gasteiger partial charge in [0.05, 0.1) is 0 Å². The minimum Gasteiger partial charge on any atom is -0.383 e. The van der Waals surface area contributed by atoms with Crippen LogP contribution < -0.4 is 10.6 Å². The zero-order valence-corrected chi connectivity index (χ0v) is 14.2. The Balaban J connectivity index is 1.72. The summed E-state index contributed by atoms with van der Waals surface area (Å²) in [6.07, 6.45) is 1.70. The lowest BCUT2D eigenvalue weighted by Crippen LogP contribution is -2.13.